The molecule has 0 bridgehead atoms. The maximum atomic E-state index is 10.9. The molecule has 0 aliphatic heterocycles. The van der Waals surface area contributed by atoms with E-state index in [1.165, 1.54) is 5.56 Å². The van der Waals surface area contributed by atoms with E-state index in [1.54, 1.807) is 26.2 Å². The Morgan fingerprint density at radius 3 is 2.52 bits per heavy atom. The Kier molecular flexibility index (Phi) is 4.77. The Morgan fingerprint density at radius 2 is 1.90 bits per heavy atom. The van der Waals surface area contributed by atoms with Gasteiger partial charge in [0.05, 0.1) is 12.0 Å². The summed E-state index contributed by atoms with van der Waals surface area (Å²) in [5.41, 5.74) is 2.76. The smallest absolute Gasteiger partial charge is 0.274 e. The summed E-state index contributed by atoms with van der Waals surface area (Å²) in [6.45, 7) is 2.45. The molecule has 0 amide bonds. The molecule has 2 rings (SSSR count). The topological polar surface area (TPSA) is 64.4 Å². The average molecular weight is 286 g/mol. The number of methoxy groups -OCH3 is 1. The van der Waals surface area contributed by atoms with Gasteiger partial charge in [0.25, 0.3) is 5.69 Å². The highest BCUT2D eigenvalue weighted by molar-refractivity contribution is 5.54. The van der Waals surface area contributed by atoms with E-state index in [1.807, 2.05) is 30.3 Å². The van der Waals surface area contributed by atoms with Gasteiger partial charge in [0.2, 0.25) is 0 Å². The molecule has 0 saturated heterocycles. The van der Waals surface area contributed by atoms with Crippen molar-refractivity contribution >= 4 is 11.4 Å². The second-order valence-corrected chi connectivity index (χ2v) is 4.78. The molecule has 0 spiro atoms. The molecule has 2 aromatic carbocycles. The zero-order valence-corrected chi connectivity index (χ0v) is 12.1. The molecule has 0 aliphatic rings. The largest absolute Gasteiger partial charge is 0.497 e. The van der Waals surface area contributed by atoms with Gasteiger partial charge < -0.3 is 10.1 Å². The Bertz CT molecular complexity index is 624. The third kappa shape index (κ3) is 3.95. The van der Waals surface area contributed by atoms with Crippen LogP contribution in [0, 0.1) is 17.0 Å². The fourth-order valence-corrected chi connectivity index (χ4v) is 2.06. The average Bonchev–Trinajstić information content (AvgIpc) is 2.49. The van der Waals surface area contributed by atoms with Gasteiger partial charge in [-0.3, -0.25) is 10.1 Å². The SMILES string of the molecule is COc1ccc(CCNc2ccc(C)c([N+](=O)[O-])c2)cc1. The van der Waals surface area contributed by atoms with Crippen molar-refractivity contribution in [3.63, 3.8) is 0 Å². The molecule has 0 aromatic heterocycles. The summed E-state index contributed by atoms with van der Waals surface area (Å²) in [7, 11) is 1.64. The number of hydrogen-bond donors (Lipinski definition) is 1. The molecule has 0 fully saturated rings. The first-order valence-corrected chi connectivity index (χ1v) is 6.72. The van der Waals surface area contributed by atoms with Crippen LogP contribution in [0.3, 0.4) is 0 Å². The van der Waals surface area contributed by atoms with Crippen molar-refractivity contribution < 1.29 is 9.66 Å². The number of nitro benzene ring substituents is 1. The van der Waals surface area contributed by atoms with Crippen molar-refractivity contribution in [2.45, 2.75) is 13.3 Å². The van der Waals surface area contributed by atoms with Gasteiger partial charge in [-0.1, -0.05) is 18.2 Å². The molecule has 0 saturated carbocycles. The molecular weight excluding hydrogens is 268 g/mol. The Balaban J connectivity index is 1.93. The summed E-state index contributed by atoms with van der Waals surface area (Å²) < 4.78 is 5.11. The predicted molar refractivity (Wildman–Crippen MR) is 83.0 cm³/mol. The van der Waals surface area contributed by atoms with Gasteiger partial charge in [-0.25, -0.2) is 0 Å². The zero-order chi connectivity index (χ0) is 15.2. The van der Waals surface area contributed by atoms with Crippen molar-refractivity contribution in [1.29, 1.82) is 0 Å². The molecule has 21 heavy (non-hydrogen) atoms. The molecule has 0 unspecified atom stereocenters. The second kappa shape index (κ2) is 6.74. The predicted octanol–water partition coefficient (Wildman–Crippen LogP) is 3.57. The normalized spacial score (nSPS) is 10.2. The molecule has 2 aromatic rings. The van der Waals surface area contributed by atoms with E-state index in [-0.39, 0.29) is 10.6 Å². The Hall–Kier alpha value is -2.56. The van der Waals surface area contributed by atoms with Gasteiger partial charge in [-0.15, -0.1) is 0 Å². The van der Waals surface area contributed by atoms with E-state index in [9.17, 15) is 10.1 Å². The summed E-state index contributed by atoms with van der Waals surface area (Å²) in [4.78, 5) is 10.5. The van der Waals surface area contributed by atoms with E-state index in [0.29, 0.717) is 12.1 Å². The third-order valence-electron chi connectivity index (χ3n) is 3.31. The van der Waals surface area contributed by atoms with E-state index < -0.39 is 0 Å². The number of aryl methyl sites for hydroxylation is 1. The van der Waals surface area contributed by atoms with E-state index >= 15 is 0 Å². The number of anilines is 1. The van der Waals surface area contributed by atoms with Gasteiger partial charge in [-0.05, 0) is 37.1 Å². The highest BCUT2D eigenvalue weighted by Gasteiger charge is 2.10. The van der Waals surface area contributed by atoms with Crippen molar-refractivity contribution in [2.75, 3.05) is 19.0 Å². The van der Waals surface area contributed by atoms with Crippen LogP contribution >= 0.6 is 0 Å². The van der Waals surface area contributed by atoms with Crippen LogP contribution in [0.15, 0.2) is 42.5 Å². The minimum atomic E-state index is -0.357. The molecule has 0 atom stereocenters. The first kappa shape index (κ1) is 14.8. The molecule has 110 valence electrons. The third-order valence-corrected chi connectivity index (χ3v) is 3.31. The van der Waals surface area contributed by atoms with Gasteiger partial charge >= 0.3 is 0 Å². The lowest BCUT2D eigenvalue weighted by molar-refractivity contribution is -0.385. The minimum absolute atomic E-state index is 0.143. The van der Waals surface area contributed by atoms with E-state index in [4.69, 9.17) is 4.74 Å². The number of nitro groups is 1. The van der Waals surface area contributed by atoms with Crippen molar-refractivity contribution in [2.24, 2.45) is 0 Å². The zero-order valence-electron chi connectivity index (χ0n) is 12.1. The number of hydrogen-bond acceptors (Lipinski definition) is 4. The van der Waals surface area contributed by atoms with Gasteiger partial charge in [-0.2, -0.15) is 0 Å². The van der Waals surface area contributed by atoms with Crippen LogP contribution < -0.4 is 10.1 Å². The number of nitrogens with zero attached hydrogens (tertiary/aromatic N) is 1. The number of nitrogens with one attached hydrogen (secondary N) is 1. The highest BCUT2D eigenvalue weighted by atomic mass is 16.6. The first-order valence-electron chi connectivity index (χ1n) is 6.72. The maximum absolute atomic E-state index is 10.9. The van der Waals surface area contributed by atoms with Crippen LogP contribution in [-0.4, -0.2) is 18.6 Å². The lowest BCUT2D eigenvalue weighted by atomic mass is 10.1. The molecule has 5 nitrogen and oxygen atoms in total. The Labute approximate surface area is 123 Å². The summed E-state index contributed by atoms with van der Waals surface area (Å²) in [5, 5.41) is 14.1. The van der Waals surface area contributed by atoms with Crippen molar-refractivity contribution in [3.8, 4) is 5.75 Å². The standard InChI is InChI=1S/C16H18N2O3/c1-12-3-6-14(11-16(12)18(19)20)17-10-9-13-4-7-15(21-2)8-5-13/h3-8,11,17H,9-10H2,1-2H3. The number of rotatable bonds is 6. The molecule has 0 radical (unpaired) electrons. The first-order chi connectivity index (χ1) is 10.1. The van der Waals surface area contributed by atoms with Crippen LogP contribution in [-0.2, 0) is 6.42 Å². The fourth-order valence-electron chi connectivity index (χ4n) is 2.06. The summed E-state index contributed by atoms with van der Waals surface area (Å²) in [6, 6.07) is 13.1. The summed E-state index contributed by atoms with van der Waals surface area (Å²) in [6.07, 6.45) is 0.839. The number of benzene rings is 2. The molecule has 5 heteroatoms. The lowest BCUT2D eigenvalue weighted by Gasteiger charge is -2.08. The maximum Gasteiger partial charge on any atom is 0.274 e. The van der Waals surface area contributed by atoms with Crippen LogP contribution in [0.25, 0.3) is 0 Å². The van der Waals surface area contributed by atoms with Crippen LogP contribution in [0.4, 0.5) is 11.4 Å². The monoisotopic (exact) mass is 286 g/mol. The summed E-state index contributed by atoms with van der Waals surface area (Å²) in [5.74, 6) is 0.834. The van der Waals surface area contributed by atoms with Gasteiger partial charge in [0.15, 0.2) is 0 Å². The molecule has 1 N–H and O–H groups in total. The lowest BCUT2D eigenvalue weighted by Crippen LogP contribution is -2.05. The van der Waals surface area contributed by atoms with Crippen LogP contribution in [0.2, 0.25) is 0 Å². The molecule has 0 aliphatic carbocycles. The quantitative estimate of drug-likeness (QED) is 0.651. The molecule has 0 heterocycles. The summed E-state index contributed by atoms with van der Waals surface area (Å²) >= 11 is 0. The second-order valence-electron chi connectivity index (χ2n) is 4.78. The molecular formula is C16H18N2O3. The fraction of sp³-hybridized carbons (Fsp3) is 0.250. The minimum Gasteiger partial charge on any atom is -0.497 e. The van der Waals surface area contributed by atoms with Crippen molar-refractivity contribution in [3.05, 3.63) is 63.7 Å². The highest BCUT2D eigenvalue weighted by Crippen LogP contribution is 2.22. The van der Waals surface area contributed by atoms with E-state index in [0.717, 1.165) is 17.9 Å². The van der Waals surface area contributed by atoms with Gasteiger partial charge in [0, 0.05) is 23.9 Å². The number of ether oxygens (including phenoxy) is 1. The van der Waals surface area contributed by atoms with Crippen LogP contribution in [0.5, 0.6) is 5.75 Å². The van der Waals surface area contributed by atoms with Gasteiger partial charge in [0.1, 0.15) is 5.75 Å². The Morgan fingerprint density at radius 1 is 1.19 bits per heavy atom. The van der Waals surface area contributed by atoms with Crippen LogP contribution in [0.1, 0.15) is 11.1 Å². The van der Waals surface area contributed by atoms with Crippen molar-refractivity contribution in [1.82, 2.24) is 0 Å². The van der Waals surface area contributed by atoms with E-state index in [2.05, 4.69) is 5.32 Å².